The molecule has 2 aromatic rings. The summed E-state index contributed by atoms with van der Waals surface area (Å²) in [5, 5.41) is 11.9. The van der Waals surface area contributed by atoms with Crippen LogP contribution in [0.25, 0.3) is 0 Å². The van der Waals surface area contributed by atoms with Crippen molar-refractivity contribution >= 4 is 11.7 Å². The lowest BCUT2D eigenvalue weighted by atomic mass is 10.2. The number of esters is 1. The van der Waals surface area contributed by atoms with Gasteiger partial charge in [0.15, 0.2) is 0 Å². The highest BCUT2D eigenvalue weighted by Crippen LogP contribution is 2.14. The molecule has 0 aliphatic heterocycles. The molecule has 0 radical (unpaired) electrons. The average Bonchev–Trinajstić information content (AvgIpc) is 2.93. The summed E-state index contributed by atoms with van der Waals surface area (Å²) in [4.78, 5) is 11.2. The van der Waals surface area contributed by atoms with Gasteiger partial charge in [-0.3, -0.25) is 0 Å². The zero-order chi connectivity index (χ0) is 13.7. The molecule has 0 fully saturated rings. The number of carbonyl (C=O) groups is 1. The molecule has 0 spiro atoms. The number of rotatable bonds is 4. The second-order valence-electron chi connectivity index (χ2n) is 3.84. The van der Waals surface area contributed by atoms with Crippen molar-refractivity contribution in [3.05, 3.63) is 53.5 Å². The van der Waals surface area contributed by atoms with E-state index >= 15 is 0 Å². The molecule has 0 amide bonds. The van der Waals surface area contributed by atoms with Crippen LogP contribution in [0.15, 0.2) is 41.0 Å². The molecule has 0 bridgehead atoms. The molecule has 19 heavy (non-hydrogen) atoms. The topological polar surface area (TPSA) is 75.3 Å². The lowest BCUT2D eigenvalue weighted by Gasteiger charge is -2.03. The normalized spacial score (nSPS) is 9.68. The highest BCUT2D eigenvalue weighted by Gasteiger charge is 2.09. The molecule has 96 valence electrons. The van der Waals surface area contributed by atoms with E-state index in [1.54, 1.807) is 24.3 Å². The third kappa shape index (κ3) is 3.13. The van der Waals surface area contributed by atoms with E-state index in [0.717, 1.165) is 5.69 Å². The molecule has 0 aliphatic carbocycles. The second-order valence-corrected chi connectivity index (χ2v) is 3.84. The minimum absolute atomic E-state index is 0.380. The Kier molecular flexibility index (Phi) is 3.84. The first kappa shape index (κ1) is 12.7. The summed E-state index contributed by atoms with van der Waals surface area (Å²) in [6.45, 7) is 0.422. The monoisotopic (exact) mass is 256 g/mol. The van der Waals surface area contributed by atoms with E-state index in [1.165, 1.54) is 13.4 Å². The summed E-state index contributed by atoms with van der Waals surface area (Å²) in [5.41, 5.74) is 1.78. The zero-order valence-electron chi connectivity index (χ0n) is 10.3. The lowest BCUT2D eigenvalue weighted by Crippen LogP contribution is -2.00. The molecule has 0 saturated heterocycles. The van der Waals surface area contributed by atoms with E-state index in [4.69, 9.17) is 9.68 Å². The minimum atomic E-state index is -0.429. The van der Waals surface area contributed by atoms with Crippen LogP contribution in [0, 0.1) is 11.3 Å². The first-order valence-electron chi connectivity index (χ1n) is 5.62. The number of carbonyl (C=O) groups excluding carboxylic acids is 1. The van der Waals surface area contributed by atoms with E-state index in [9.17, 15) is 4.79 Å². The smallest absolute Gasteiger partial charge is 0.341 e. The Balaban J connectivity index is 2.00. The van der Waals surface area contributed by atoms with Gasteiger partial charge < -0.3 is 14.5 Å². The summed E-state index contributed by atoms with van der Waals surface area (Å²) >= 11 is 0. The fourth-order valence-electron chi connectivity index (χ4n) is 1.59. The summed E-state index contributed by atoms with van der Waals surface area (Å²) in [7, 11) is 1.32. The Morgan fingerprint density at radius 1 is 1.47 bits per heavy atom. The number of hydrogen-bond acceptors (Lipinski definition) is 5. The minimum Gasteiger partial charge on any atom is -0.467 e. The van der Waals surface area contributed by atoms with Gasteiger partial charge in [-0.25, -0.2) is 4.79 Å². The first-order chi connectivity index (χ1) is 9.22. The predicted molar refractivity (Wildman–Crippen MR) is 68.5 cm³/mol. The Bertz CT molecular complexity index is 626. The van der Waals surface area contributed by atoms with E-state index in [-0.39, 0.29) is 0 Å². The average molecular weight is 256 g/mol. The SMILES string of the molecule is COC(=O)c1coc(CNc2cccc(C#N)c2)c1. The number of benzene rings is 1. The predicted octanol–water partition coefficient (Wildman–Crippen LogP) is 2.55. The van der Waals surface area contributed by atoms with Gasteiger partial charge in [-0.15, -0.1) is 0 Å². The third-order valence-electron chi connectivity index (χ3n) is 2.53. The maximum atomic E-state index is 11.2. The van der Waals surface area contributed by atoms with Crippen LogP contribution in [-0.4, -0.2) is 13.1 Å². The quantitative estimate of drug-likeness (QED) is 0.851. The largest absolute Gasteiger partial charge is 0.467 e. The van der Waals surface area contributed by atoms with Crippen molar-refractivity contribution in [2.75, 3.05) is 12.4 Å². The molecule has 0 aliphatic rings. The van der Waals surface area contributed by atoms with Gasteiger partial charge in [0.2, 0.25) is 0 Å². The van der Waals surface area contributed by atoms with Gasteiger partial charge in [-0.1, -0.05) is 6.07 Å². The maximum absolute atomic E-state index is 11.2. The standard InChI is InChI=1S/C14H12N2O3/c1-18-14(17)11-6-13(19-9-11)8-16-12-4-2-3-10(5-12)7-15/h2-6,9,16H,8H2,1H3. The van der Waals surface area contributed by atoms with E-state index in [2.05, 4.69) is 16.1 Å². The first-order valence-corrected chi connectivity index (χ1v) is 5.62. The number of anilines is 1. The van der Waals surface area contributed by atoms with E-state index < -0.39 is 5.97 Å². The van der Waals surface area contributed by atoms with Crippen LogP contribution in [-0.2, 0) is 11.3 Å². The molecular formula is C14H12N2O3. The van der Waals surface area contributed by atoms with Gasteiger partial charge in [0, 0.05) is 5.69 Å². The molecular weight excluding hydrogens is 244 g/mol. The van der Waals surface area contributed by atoms with Gasteiger partial charge in [-0.05, 0) is 24.3 Å². The molecule has 0 unspecified atom stereocenters. The van der Waals surface area contributed by atoms with Gasteiger partial charge in [0.25, 0.3) is 0 Å². The van der Waals surface area contributed by atoms with Gasteiger partial charge >= 0.3 is 5.97 Å². The molecule has 1 aromatic heterocycles. The van der Waals surface area contributed by atoms with Crippen molar-refractivity contribution in [3.63, 3.8) is 0 Å². The number of hydrogen-bond donors (Lipinski definition) is 1. The zero-order valence-corrected chi connectivity index (χ0v) is 10.3. The Hall–Kier alpha value is -2.74. The summed E-state index contributed by atoms with van der Waals surface area (Å²) in [6.07, 6.45) is 1.36. The van der Waals surface area contributed by atoms with Crippen molar-refractivity contribution in [1.29, 1.82) is 5.26 Å². The van der Waals surface area contributed by atoms with Crippen LogP contribution in [0.2, 0.25) is 0 Å². The Morgan fingerprint density at radius 3 is 3.05 bits per heavy atom. The van der Waals surface area contributed by atoms with Crippen molar-refractivity contribution < 1.29 is 13.9 Å². The van der Waals surface area contributed by atoms with E-state index in [0.29, 0.717) is 23.4 Å². The molecule has 5 heteroatoms. The van der Waals surface area contributed by atoms with Crippen LogP contribution in [0.1, 0.15) is 21.7 Å². The fraction of sp³-hybridized carbons (Fsp3) is 0.143. The van der Waals surface area contributed by atoms with Crippen LogP contribution in [0.3, 0.4) is 0 Å². The summed E-state index contributed by atoms with van der Waals surface area (Å²) in [6, 6.07) is 10.8. The molecule has 0 atom stereocenters. The number of nitrogens with zero attached hydrogens (tertiary/aromatic N) is 1. The molecule has 5 nitrogen and oxygen atoms in total. The molecule has 1 heterocycles. The number of nitrogens with one attached hydrogen (secondary N) is 1. The number of methoxy groups -OCH3 is 1. The van der Waals surface area contributed by atoms with Gasteiger partial charge in [0.05, 0.1) is 30.9 Å². The molecule has 1 aromatic carbocycles. The van der Waals surface area contributed by atoms with Crippen LogP contribution in [0.5, 0.6) is 0 Å². The number of furan rings is 1. The van der Waals surface area contributed by atoms with Crippen molar-refractivity contribution in [3.8, 4) is 6.07 Å². The molecule has 1 N–H and O–H groups in total. The van der Waals surface area contributed by atoms with Gasteiger partial charge in [-0.2, -0.15) is 5.26 Å². The highest BCUT2D eigenvalue weighted by molar-refractivity contribution is 5.88. The number of ether oxygens (including phenoxy) is 1. The molecule has 0 saturated carbocycles. The highest BCUT2D eigenvalue weighted by atomic mass is 16.5. The van der Waals surface area contributed by atoms with Crippen LogP contribution in [0.4, 0.5) is 5.69 Å². The van der Waals surface area contributed by atoms with Gasteiger partial charge in [0.1, 0.15) is 12.0 Å². The lowest BCUT2D eigenvalue weighted by molar-refractivity contribution is 0.0600. The Labute approximate surface area is 110 Å². The van der Waals surface area contributed by atoms with Crippen molar-refractivity contribution in [1.82, 2.24) is 0 Å². The van der Waals surface area contributed by atoms with Crippen LogP contribution >= 0.6 is 0 Å². The summed E-state index contributed by atoms with van der Waals surface area (Å²) in [5.74, 6) is 0.184. The second kappa shape index (κ2) is 5.74. The van der Waals surface area contributed by atoms with Crippen LogP contribution < -0.4 is 5.32 Å². The van der Waals surface area contributed by atoms with E-state index in [1.807, 2.05) is 6.07 Å². The number of nitriles is 1. The summed E-state index contributed by atoms with van der Waals surface area (Å²) < 4.78 is 9.82. The van der Waals surface area contributed by atoms with Crippen molar-refractivity contribution in [2.24, 2.45) is 0 Å². The Morgan fingerprint density at radius 2 is 2.32 bits per heavy atom. The maximum Gasteiger partial charge on any atom is 0.341 e. The third-order valence-corrected chi connectivity index (χ3v) is 2.53. The van der Waals surface area contributed by atoms with Crippen molar-refractivity contribution in [2.45, 2.75) is 6.54 Å². The molecule has 2 rings (SSSR count). The fourth-order valence-corrected chi connectivity index (χ4v) is 1.59.